The molecule has 1 amide bonds. The Kier molecular flexibility index (Phi) is 2.98. The third kappa shape index (κ3) is 2.76. The van der Waals surface area contributed by atoms with Crippen LogP contribution in [-0.4, -0.2) is 16.9 Å². The minimum absolute atomic E-state index is 0.0831. The van der Waals surface area contributed by atoms with Gasteiger partial charge in [0, 0.05) is 24.1 Å². The Hall–Kier alpha value is -1.88. The monoisotopic (exact) mass is 259 g/mol. The molecule has 1 atom stereocenters. The predicted octanol–water partition coefficient (Wildman–Crippen LogP) is 2.38. The zero-order chi connectivity index (χ0) is 13.4. The second-order valence-corrected chi connectivity index (χ2v) is 5.24. The summed E-state index contributed by atoms with van der Waals surface area (Å²) in [5.41, 5.74) is 7.89. The third-order valence-electron chi connectivity index (χ3n) is 3.12. The highest BCUT2D eigenvalue weighted by Crippen LogP contribution is 2.40. The van der Waals surface area contributed by atoms with Crippen LogP contribution in [0.15, 0.2) is 22.6 Å². The SMILES string of the molecule is CC(N)CC(=O)Nc1ccc2oc(C3CC3)nc2c1. The van der Waals surface area contributed by atoms with E-state index < -0.39 is 0 Å². The van der Waals surface area contributed by atoms with E-state index in [4.69, 9.17) is 10.2 Å². The van der Waals surface area contributed by atoms with Gasteiger partial charge in [-0.1, -0.05) is 0 Å². The van der Waals surface area contributed by atoms with E-state index in [0.717, 1.165) is 35.5 Å². The summed E-state index contributed by atoms with van der Waals surface area (Å²) in [6.45, 7) is 1.81. The number of anilines is 1. The van der Waals surface area contributed by atoms with Crippen molar-refractivity contribution in [2.45, 2.75) is 38.1 Å². The van der Waals surface area contributed by atoms with E-state index in [-0.39, 0.29) is 11.9 Å². The number of amides is 1. The molecule has 3 rings (SSSR count). The molecule has 0 saturated heterocycles. The number of aromatic nitrogens is 1. The summed E-state index contributed by atoms with van der Waals surface area (Å²) in [7, 11) is 0. The molecular weight excluding hydrogens is 242 g/mol. The first kappa shape index (κ1) is 12.2. The molecule has 1 aromatic carbocycles. The number of rotatable bonds is 4. The van der Waals surface area contributed by atoms with Crippen LogP contribution in [0.1, 0.15) is 38.0 Å². The number of carbonyl (C=O) groups is 1. The maximum absolute atomic E-state index is 11.6. The van der Waals surface area contributed by atoms with E-state index in [1.807, 2.05) is 25.1 Å². The fourth-order valence-corrected chi connectivity index (χ4v) is 2.03. The number of nitrogens with zero attached hydrogens (tertiary/aromatic N) is 1. The Labute approximate surface area is 111 Å². The second-order valence-electron chi connectivity index (χ2n) is 5.24. The van der Waals surface area contributed by atoms with E-state index in [9.17, 15) is 4.79 Å². The maximum Gasteiger partial charge on any atom is 0.225 e. The van der Waals surface area contributed by atoms with Gasteiger partial charge in [-0.15, -0.1) is 0 Å². The van der Waals surface area contributed by atoms with Crippen LogP contribution in [0.4, 0.5) is 5.69 Å². The first-order valence-corrected chi connectivity index (χ1v) is 6.58. The van der Waals surface area contributed by atoms with E-state index >= 15 is 0 Å². The Bertz CT molecular complexity index is 614. The fourth-order valence-electron chi connectivity index (χ4n) is 2.03. The van der Waals surface area contributed by atoms with E-state index in [1.54, 1.807) is 0 Å². The third-order valence-corrected chi connectivity index (χ3v) is 3.12. The van der Waals surface area contributed by atoms with Crippen molar-refractivity contribution in [1.29, 1.82) is 0 Å². The van der Waals surface area contributed by atoms with Crippen molar-refractivity contribution in [3.63, 3.8) is 0 Å². The number of carbonyl (C=O) groups excluding carboxylic acids is 1. The van der Waals surface area contributed by atoms with E-state index in [1.165, 1.54) is 0 Å². The van der Waals surface area contributed by atoms with Crippen LogP contribution in [0.2, 0.25) is 0 Å². The molecule has 2 aromatic rings. The molecule has 1 aromatic heterocycles. The highest BCUT2D eigenvalue weighted by molar-refractivity contribution is 5.93. The summed E-state index contributed by atoms with van der Waals surface area (Å²) in [6, 6.07) is 5.36. The topological polar surface area (TPSA) is 81.2 Å². The average Bonchev–Trinajstić information content (AvgIpc) is 3.08. The molecule has 5 nitrogen and oxygen atoms in total. The summed E-state index contributed by atoms with van der Waals surface area (Å²) >= 11 is 0. The van der Waals surface area contributed by atoms with Crippen molar-refractivity contribution in [2.75, 3.05) is 5.32 Å². The lowest BCUT2D eigenvalue weighted by Gasteiger charge is -2.06. The van der Waals surface area contributed by atoms with Gasteiger partial charge in [0.25, 0.3) is 0 Å². The second kappa shape index (κ2) is 4.66. The molecule has 0 aliphatic heterocycles. The molecule has 1 fully saturated rings. The Morgan fingerprint density at radius 1 is 1.58 bits per heavy atom. The van der Waals surface area contributed by atoms with Gasteiger partial charge in [0.1, 0.15) is 5.52 Å². The van der Waals surface area contributed by atoms with Crippen molar-refractivity contribution < 1.29 is 9.21 Å². The lowest BCUT2D eigenvalue weighted by Crippen LogP contribution is -2.23. The van der Waals surface area contributed by atoms with Gasteiger partial charge in [0.05, 0.1) is 0 Å². The Morgan fingerprint density at radius 3 is 3.05 bits per heavy atom. The Morgan fingerprint density at radius 2 is 2.37 bits per heavy atom. The molecule has 100 valence electrons. The van der Waals surface area contributed by atoms with Gasteiger partial charge in [0.2, 0.25) is 5.91 Å². The van der Waals surface area contributed by atoms with Gasteiger partial charge in [-0.05, 0) is 38.0 Å². The molecule has 1 aliphatic carbocycles. The summed E-state index contributed by atoms with van der Waals surface area (Å²) < 4.78 is 5.67. The van der Waals surface area contributed by atoms with Crippen molar-refractivity contribution in [3.8, 4) is 0 Å². The van der Waals surface area contributed by atoms with Crippen LogP contribution in [0.3, 0.4) is 0 Å². The number of hydrogen-bond acceptors (Lipinski definition) is 4. The number of benzene rings is 1. The highest BCUT2D eigenvalue weighted by Gasteiger charge is 2.28. The van der Waals surface area contributed by atoms with Crippen molar-refractivity contribution in [1.82, 2.24) is 4.98 Å². The highest BCUT2D eigenvalue weighted by atomic mass is 16.3. The number of hydrogen-bond donors (Lipinski definition) is 2. The predicted molar refractivity (Wildman–Crippen MR) is 72.9 cm³/mol. The molecule has 19 heavy (non-hydrogen) atoms. The van der Waals surface area contributed by atoms with Gasteiger partial charge in [0.15, 0.2) is 11.5 Å². The van der Waals surface area contributed by atoms with Crippen molar-refractivity contribution in [2.24, 2.45) is 5.73 Å². The van der Waals surface area contributed by atoms with Crippen LogP contribution in [0.5, 0.6) is 0 Å². The molecule has 1 unspecified atom stereocenters. The molecule has 0 radical (unpaired) electrons. The molecule has 1 saturated carbocycles. The van der Waals surface area contributed by atoms with Crippen LogP contribution in [0, 0.1) is 0 Å². The Balaban J connectivity index is 1.78. The van der Waals surface area contributed by atoms with Crippen LogP contribution in [0.25, 0.3) is 11.1 Å². The molecule has 5 heteroatoms. The zero-order valence-electron chi connectivity index (χ0n) is 10.8. The smallest absolute Gasteiger partial charge is 0.225 e. The summed E-state index contributed by atoms with van der Waals surface area (Å²) in [5.74, 6) is 1.22. The zero-order valence-corrected chi connectivity index (χ0v) is 10.8. The van der Waals surface area contributed by atoms with Crippen molar-refractivity contribution in [3.05, 3.63) is 24.1 Å². The van der Waals surface area contributed by atoms with Gasteiger partial charge in [-0.3, -0.25) is 4.79 Å². The summed E-state index contributed by atoms with van der Waals surface area (Å²) in [6.07, 6.45) is 2.62. The normalized spacial score (nSPS) is 16.5. The fraction of sp³-hybridized carbons (Fsp3) is 0.429. The van der Waals surface area contributed by atoms with Gasteiger partial charge in [-0.25, -0.2) is 4.98 Å². The van der Waals surface area contributed by atoms with Crippen LogP contribution in [-0.2, 0) is 4.79 Å². The van der Waals surface area contributed by atoms with E-state index in [0.29, 0.717) is 12.3 Å². The summed E-state index contributed by atoms with van der Waals surface area (Å²) in [4.78, 5) is 16.1. The minimum Gasteiger partial charge on any atom is -0.440 e. The van der Waals surface area contributed by atoms with Crippen LogP contribution >= 0.6 is 0 Å². The number of nitrogens with two attached hydrogens (primary N) is 1. The largest absolute Gasteiger partial charge is 0.440 e. The molecule has 1 heterocycles. The minimum atomic E-state index is -0.141. The number of nitrogens with one attached hydrogen (secondary N) is 1. The maximum atomic E-state index is 11.6. The van der Waals surface area contributed by atoms with E-state index in [2.05, 4.69) is 10.3 Å². The molecule has 3 N–H and O–H groups in total. The summed E-state index contributed by atoms with van der Waals surface area (Å²) in [5, 5.41) is 2.82. The van der Waals surface area contributed by atoms with Crippen molar-refractivity contribution >= 4 is 22.7 Å². The van der Waals surface area contributed by atoms with Gasteiger partial charge >= 0.3 is 0 Å². The number of fused-ring (bicyclic) bond motifs is 1. The first-order chi connectivity index (χ1) is 9.11. The molecule has 1 aliphatic rings. The standard InChI is InChI=1S/C14H17N3O2/c1-8(15)6-13(18)16-10-4-5-12-11(7-10)17-14(19-12)9-2-3-9/h4-5,7-9H,2-3,6,15H2,1H3,(H,16,18). The molecular formula is C14H17N3O2. The quantitative estimate of drug-likeness (QED) is 0.883. The first-order valence-electron chi connectivity index (χ1n) is 6.58. The lowest BCUT2D eigenvalue weighted by molar-refractivity contribution is -0.116. The van der Waals surface area contributed by atoms with Gasteiger partial charge in [-0.2, -0.15) is 0 Å². The van der Waals surface area contributed by atoms with Crippen LogP contribution < -0.4 is 11.1 Å². The average molecular weight is 259 g/mol. The van der Waals surface area contributed by atoms with Gasteiger partial charge < -0.3 is 15.5 Å². The molecule has 0 spiro atoms. The lowest BCUT2D eigenvalue weighted by atomic mass is 10.2. The molecule has 0 bridgehead atoms. The number of oxazole rings is 1.